The molecule has 1 amide bonds. The molecule has 5 heteroatoms. The van der Waals surface area contributed by atoms with Crippen molar-refractivity contribution in [2.45, 2.75) is 44.4 Å². The number of carbonyl (C=O) groups excluding carboxylic acids is 1. The van der Waals surface area contributed by atoms with E-state index in [-0.39, 0.29) is 22.6 Å². The van der Waals surface area contributed by atoms with Gasteiger partial charge in [-0.15, -0.1) is 0 Å². The summed E-state index contributed by atoms with van der Waals surface area (Å²) in [6.07, 6.45) is 5.53. The number of nitro benzene ring substituents is 1. The third-order valence-corrected chi connectivity index (χ3v) is 5.37. The van der Waals surface area contributed by atoms with E-state index in [0.29, 0.717) is 6.54 Å². The number of nitro groups is 1. The standard InChI is InChI=1S/C21H24N2O3/c1-16-8-7-9-17(14-16)21(12-5-2-6-13-21)15-22-20(24)18-10-3-4-11-19(18)23(25)26/h3-4,7-11,14H,2,5-6,12-13,15H2,1H3,(H,22,24). The van der Waals surface area contributed by atoms with Gasteiger partial charge in [0.15, 0.2) is 0 Å². The fourth-order valence-electron chi connectivity index (χ4n) is 3.94. The predicted molar refractivity (Wildman–Crippen MR) is 101 cm³/mol. The van der Waals surface area contributed by atoms with Gasteiger partial charge < -0.3 is 5.32 Å². The quantitative estimate of drug-likeness (QED) is 0.634. The molecule has 5 nitrogen and oxygen atoms in total. The first-order chi connectivity index (χ1) is 12.5. The van der Waals surface area contributed by atoms with Crippen LogP contribution in [0.15, 0.2) is 48.5 Å². The monoisotopic (exact) mass is 352 g/mol. The summed E-state index contributed by atoms with van der Waals surface area (Å²) in [5.74, 6) is -0.380. The third kappa shape index (κ3) is 3.77. The fourth-order valence-corrected chi connectivity index (χ4v) is 3.94. The van der Waals surface area contributed by atoms with Gasteiger partial charge in [0, 0.05) is 18.0 Å². The van der Waals surface area contributed by atoms with Crippen LogP contribution in [0.1, 0.15) is 53.6 Å². The van der Waals surface area contributed by atoms with Gasteiger partial charge in [-0.2, -0.15) is 0 Å². The molecule has 1 saturated carbocycles. The number of para-hydroxylation sites is 1. The van der Waals surface area contributed by atoms with Crippen molar-refractivity contribution >= 4 is 11.6 Å². The molecule has 0 spiro atoms. The first kappa shape index (κ1) is 18.1. The zero-order valence-electron chi connectivity index (χ0n) is 15.0. The minimum Gasteiger partial charge on any atom is -0.351 e. The summed E-state index contributed by atoms with van der Waals surface area (Å²) in [6, 6.07) is 14.6. The number of aryl methyl sites for hydroxylation is 1. The Kier molecular flexibility index (Phi) is 5.35. The van der Waals surface area contributed by atoms with Gasteiger partial charge >= 0.3 is 0 Å². The first-order valence-corrected chi connectivity index (χ1v) is 9.11. The lowest BCUT2D eigenvalue weighted by molar-refractivity contribution is -0.385. The van der Waals surface area contributed by atoms with Crippen LogP contribution in [0.5, 0.6) is 0 Å². The van der Waals surface area contributed by atoms with E-state index in [4.69, 9.17) is 0 Å². The molecule has 0 heterocycles. The van der Waals surface area contributed by atoms with Crippen LogP contribution in [0.3, 0.4) is 0 Å². The number of benzene rings is 2. The van der Waals surface area contributed by atoms with Crippen LogP contribution in [0.4, 0.5) is 5.69 Å². The molecule has 1 N–H and O–H groups in total. The molecule has 0 unspecified atom stereocenters. The predicted octanol–water partition coefficient (Wildman–Crippen LogP) is 4.54. The Morgan fingerprint density at radius 2 is 1.85 bits per heavy atom. The Labute approximate surface area is 153 Å². The molecule has 26 heavy (non-hydrogen) atoms. The first-order valence-electron chi connectivity index (χ1n) is 9.11. The summed E-state index contributed by atoms with van der Waals surface area (Å²) in [5.41, 5.74) is 2.33. The number of nitrogens with zero attached hydrogens (tertiary/aromatic N) is 1. The van der Waals surface area contributed by atoms with E-state index in [2.05, 4.69) is 36.5 Å². The number of hydrogen-bond donors (Lipinski definition) is 1. The fraction of sp³-hybridized carbons (Fsp3) is 0.381. The van der Waals surface area contributed by atoms with Crippen molar-refractivity contribution in [2.24, 2.45) is 0 Å². The van der Waals surface area contributed by atoms with E-state index in [1.165, 1.54) is 29.7 Å². The molecule has 2 aromatic carbocycles. The molecule has 0 atom stereocenters. The van der Waals surface area contributed by atoms with Gasteiger partial charge in [0.1, 0.15) is 5.56 Å². The number of hydrogen-bond acceptors (Lipinski definition) is 3. The second kappa shape index (κ2) is 7.68. The topological polar surface area (TPSA) is 72.2 Å². The van der Waals surface area contributed by atoms with E-state index in [9.17, 15) is 14.9 Å². The van der Waals surface area contributed by atoms with E-state index in [1.54, 1.807) is 12.1 Å². The second-order valence-corrected chi connectivity index (χ2v) is 7.17. The van der Waals surface area contributed by atoms with Crippen LogP contribution in [0.2, 0.25) is 0 Å². The highest BCUT2D eigenvalue weighted by Gasteiger charge is 2.34. The molecule has 0 aromatic heterocycles. The van der Waals surface area contributed by atoms with Crippen molar-refractivity contribution in [3.8, 4) is 0 Å². The lowest BCUT2D eigenvalue weighted by Crippen LogP contribution is -2.42. The number of nitrogens with one attached hydrogen (secondary N) is 1. The highest BCUT2D eigenvalue weighted by atomic mass is 16.6. The van der Waals surface area contributed by atoms with Crippen molar-refractivity contribution in [3.05, 3.63) is 75.3 Å². The smallest absolute Gasteiger partial charge is 0.282 e. The van der Waals surface area contributed by atoms with Crippen molar-refractivity contribution in [3.63, 3.8) is 0 Å². The van der Waals surface area contributed by atoms with Crippen LogP contribution in [-0.2, 0) is 5.41 Å². The van der Waals surface area contributed by atoms with Gasteiger partial charge in [-0.05, 0) is 31.4 Å². The summed E-state index contributed by atoms with van der Waals surface area (Å²) < 4.78 is 0. The van der Waals surface area contributed by atoms with Crippen LogP contribution >= 0.6 is 0 Å². The zero-order chi connectivity index (χ0) is 18.6. The highest BCUT2D eigenvalue weighted by Crippen LogP contribution is 2.39. The molecule has 2 aromatic rings. The Morgan fingerprint density at radius 3 is 2.54 bits per heavy atom. The lowest BCUT2D eigenvalue weighted by Gasteiger charge is -2.38. The number of rotatable bonds is 5. The third-order valence-electron chi connectivity index (χ3n) is 5.37. The molecule has 1 aliphatic rings. The SMILES string of the molecule is Cc1cccc(C2(CNC(=O)c3ccccc3[N+](=O)[O-])CCCCC2)c1. The largest absolute Gasteiger partial charge is 0.351 e. The van der Waals surface area contributed by atoms with Gasteiger partial charge in [-0.3, -0.25) is 14.9 Å². The summed E-state index contributed by atoms with van der Waals surface area (Å²) in [4.78, 5) is 23.3. The molecule has 1 aliphatic carbocycles. The molecule has 0 aliphatic heterocycles. The van der Waals surface area contributed by atoms with Gasteiger partial charge in [0.05, 0.1) is 4.92 Å². The number of carbonyl (C=O) groups is 1. The average Bonchev–Trinajstić information content (AvgIpc) is 2.67. The molecule has 136 valence electrons. The zero-order valence-corrected chi connectivity index (χ0v) is 15.0. The van der Waals surface area contributed by atoms with Crippen LogP contribution in [-0.4, -0.2) is 17.4 Å². The van der Waals surface area contributed by atoms with Crippen LogP contribution in [0, 0.1) is 17.0 Å². The van der Waals surface area contributed by atoms with E-state index < -0.39 is 4.92 Å². The maximum atomic E-state index is 12.6. The van der Waals surface area contributed by atoms with Gasteiger partial charge in [-0.1, -0.05) is 61.2 Å². The van der Waals surface area contributed by atoms with E-state index in [0.717, 1.165) is 25.7 Å². The number of amides is 1. The highest BCUT2D eigenvalue weighted by molar-refractivity contribution is 5.98. The summed E-state index contributed by atoms with van der Waals surface area (Å²) in [6.45, 7) is 2.58. The molecule has 0 saturated heterocycles. The molecule has 0 bridgehead atoms. The maximum absolute atomic E-state index is 12.6. The molecular formula is C21H24N2O3. The van der Waals surface area contributed by atoms with E-state index in [1.807, 2.05) is 0 Å². The molecular weight excluding hydrogens is 328 g/mol. The normalized spacial score (nSPS) is 16.0. The lowest BCUT2D eigenvalue weighted by atomic mass is 9.69. The van der Waals surface area contributed by atoms with Crippen molar-refractivity contribution in [1.29, 1.82) is 0 Å². The summed E-state index contributed by atoms with van der Waals surface area (Å²) in [7, 11) is 0. The van der Waals surface area contributed by atoms with Crippen LogP contribution < -0.4 is 5.32 Å². The molecule has 0 radical (unpaired) electrons. The Hall–Kier alpha value is -2.69. The summed E-state index contributed by atoms with van der Waals surface area (Å²) in [5, 5.41) is 14.2. The van der Waals surface area contributed by atoms with Crippen molar-refractivity contribution in [2.75, 3.05) is 6.54 Å². The minimum absolute atomic E-state index is 0.0938. The molecule has 1 fully saturated rings. The van der Waals surface area contributed by atoms with Gasteiger partial charge in [-0.25, -0.2) is 0 Å². The molecule has 3 rings (SSSR count). The second-order valence-electron chi connectivity index (χ2n) is 7.17. The van der Waals surface area contributed by atoms with Gasteiger partial charge in [0.25, 0.3) is 11.6 Å². The van der Waals surface area contributed by atoms with Gasteiger partial charge in [0.2, 0.25) is 0 Å². The average molecular weight is 352 g/mol. The minimum atomic E-state index is -0.508. The summed E-state index contributed by atoms with van der Waals surface area (Å²) >= 11 is 0. The Balaban J connectivity index is 1.83. The van der Waals surface area contributed by atoms with Crippen molar-refractivity contribution in [1.82, 2.24) is 5.32 Å². The Bertz CT molecular complexity index is 810. The van der Waals surface area contributed by atoms with Crippen molar-refractivity contribution < 1.29 is 9.72 Å². The maximum Gasteiger partial charge on any atom is 0.282 e. The van der Waals surface area contributed by atoms with Crippen LogP contribution in [0.25, 0.3) is 0 Å². The van der Waals surface area contributed by atoms with E-state index >= 15 is 0 Å². The Morgan fingerprint density at radius 1 is 1.12 bits per heavy atom.